The van der Waals surface area contributed by atoms with Crippen LogP contribution in [0.4, 0.5) is 0 Å². The Kier molecular flexibility index (Phi) is 8.22. The fourth-order valence-electron chi connectivity index (χ4n) is 2.42. The highest BCUT2D eigenvalue weighted by Crippen LogP contribution is 2.32. The van der Waals surface area contributed by atoms with E-state index in [1.54, 1.807) is 26.0 Å². The highest BCUT2D eigenvalue weighted by Gasteiger charge is 2.48. The second-order valence-electron chi connectivity index (χ2n) is 5.88. The van der Waals surface area contributed by atoms with Gasteiger partial charge in [-0.25, -0.2) is 0 Å². The molecule has 0 spiro atoms. The van der Waals surface area contributed by atoms with E-state index < -0.39 is 17.4 Å². The molecule has 0 bridgehead atoms. The molecule has 0 atom stereocenters. The first-order valence-electron chi connectivity index (χ1n) is 8.09. The fourth-order valence-corrected chi connectivity index (χ4v) is 2.55. The highest BCUT2D eigenvalue weighted by atomic mass is 35.5. The Morgan fingerprint density at radius 2 is 1.54 bits per heavy atom. The number of benzene rings is 1. The Morgan fingerprint density at radius 3 is 1.96 bits per heavy atom. The number of carbonyl (C=O) groups is 2. The molecule has 0 aliphatic carbocycles. The highest BCUT2D eigenvalue weighted by molar-refractivity contribution is 6.30. The van der Waals surface area contributed by atoms with E-state index in [4.69, 9.17) is 21.1 Å². The summed E-state index contributed by atoms with van der Waals surface area (Å²) < 4.78 is 10.4. The van der Waals surface area contributed by atoms with Crippen LogP contribution in [-0.2, 0) is 25.5 Å². The molecule has 24 heavy (non-hydrogen) atoms. The lowest BCUT2D eigenvalue weighted by Gasteiger charge is -2.30. The van der Waals surface area contributed by atoms with Crippen molar-refractivity contribution >= 4 is 23.5 Å². The number of esters is 2. The standard InChI is InChI=1S/C18H26ClNO4/c1-5-23-16(21)18(11-12-20(3)4,17(22)24-6-2)13-14-7-9-15(19)10-8-14/h7-10H,5-6,11-13H2,1-4H3. The van der Waals surface area contributed by atoms with Crippen molar-refractivity contribution in [2.75, 3.05) is 33.9 Å². The van der Waals surface area contributed by atoms with Gasteiger partial charge in [0.1, 0.15) is 0 Å². The first-order chi connectivity index (χ1) is 11.4. The lowest BCUT2D eigenvalue weighted by atomic mass is 9.78. The lowest BCUT2D eigenvalue weighted by Crippen LogP contribution is -2.45. The summed E-state index contributed by atoms with van der Waals surface area (Å²) in [4.78, 5) is 27.3. The van der Waals surface area contributed by atoms with Gasteiger partial charge in [-0.1, -0.05) is 23.7 Å². The van der Waals surface area contributed by atoms with Crippen LogP contribution >= 0.6 is 11.6 Å². The number of nitrogens with zero attached hydrogens (tertiary/aromatic N) is 1. The van der Waals surface area contributed by atoms with E-state index in [-0.39, 0.29) is 19.6 Å². The largest absolute Gasteiger partial charge is 0.465 e. The maximum atomic E-state index is 12.7. The molecule has 0 aliphatic rings. The van der Waals surface area contributed by atoms with E-state index in [1.165, 1.54) is 0 Å². The zero-order chi connectivity index (χ0) is 18.2. The van der Waals surface area contributed by atoms with E-state index in [0.717, 1.165) is 5.56 Å². The molecule has 134 valence electrons. The molecule has 0 heterocycles. The molecule has 0 radical (unpaired) electrons. The summed E-state index contributed by atoms with van der Waals surface area (Å²) in [5, 5.41) is 0.602. The van der Waals surface area contributed by atoms with Gasteiger partial charge in [-0.3, -0.25) is 9.59 Å². The van der Waals surface area contributed by atoms with Crippen LogP contribution in [0, 0.1) is 5.41 Å². The molecule has 5 nitrogen and oxygen atoms in total. The maximum Gasteiger partial charge on any atom is 0.323 e. The molecule has 0 fully saturated rings. The molecule has 0 N–H and O–H groups in total. The average Bonchev–Trinajstić information content (AvgIpc) is 2.53. The Bertz CT molecular complexity index is 524. The number of ether oxygens (including phenoxy) is 2. The zero-order valence-electron chi connectivity index (χ0n) is 14.8. The van der Waals surface area contributed by atoms with Crippen LogP contribution in [0.3, 0.4) is 0 Å². The number of halogens is 1. The van der Waals surface area contributed by atoms with Crippen molar-refractivity contribution < 1.29 is 19.1 Å². The van der Waals surface area contributed by atoms with Crippen molar-refractivity contribution in [2.24, 2.45) is 5.41 Å². The van der Waals surface area contributed by atoms with Gasteiger partial charge >= 0.3 is 11.9 Å². The van der Waals surface area contributed by atoms with Gasteiger partial charge in [-0.15, -0.1) is 0 Å². The van der Waals surface area contributed by atoms with E-state index in [0.29, 0.717) is 18.0 Å². The minimum absolute atomic E-state index is 0.211. The van der Waals surface area contributed by atoms with Crippen molar-refractivity contribution in [3.63, 3.8) is 0 Å². The van der Waals surface area contributed by atoms with Crippen LogP contribution in [0.25, 0.3) is 0 Å². The molecule has 0 saturated carbocycles. The van der Waals surface area contributed by atoms with Gasteiger partial charge < -0.3 is 14.4 Å². The summed E-state index contributed by atoms with van der Waals surface area (Å²) in [5.74, 6) is -1.08. The van der Waals surface area contributed by atoms with E-state index >= 15 is 0 Å². The SMILES string of the molecule is CCOC(=O)C(CCN(C)C)(Cc1ccc(Cl)cc1)C(=O)OCC. The predicted molar refractivity (Wildman–Crippen MR) is 94.0 cm³/mol. The molecule has 1 aromatic carbocycles. The monoisotopic (exact) mass is 355 g/mol. The van der Waals surface area contributed by atoms with E-state index in [2.05, 4.69) is 0 Å². The molecule has 1 rings (SSSR count). The van der Waals surface area contributed by atoms with Crippen LogP contribution in [-0.4, -0.2) is 50.7 Å². The summed E-state index contributed by atoms with van der Waals surface area (Å²) in [6.45, 7) is 4.43. The Balaban J connectivity index is 3.23. The van der Waals surface area contributed by atoms with Crippen LogP contribution in [0.15, 0.2) is 24.3 Å². The van der Waals surface area contributed by atoms with Crippen LogP contribution < -0.4 is 0 Å². The Morgan fingerprint density at radius 1 is 1.04 bits per heavy atom. The van der Waals surface area contributed by atoms with Crippen molar-refractivity contribution in [3.05, 3.63) is 34.9 Å². The third-order valence-corrected chi connectivity index (χ3v) is 3.99. The van der Waals surface area contributed by atoms with Crippen LogP contribution in [0.1, 0.15) is 25.8 Å². The fraction of sp³-hybridized carbons (Fsp3) is 0.556. The van der Waals surface area contributed by atoms with Crippen LogP contribution in [0.5, 0.6) is 0 Å². The topological polar surface area (TPSA) is 55.8 Å². The Hall–Kier alpha value is -1.59. The minimum Gasteiger partial charge on any atom is -0.465 e. The van der Waals surface area contributed by atoms with Gasteiger partial charge in [-0.2, -0.15) is 0 Å². The van der Waals surface area contributed by atoms with Crippen LogP contribution in [0.2, 0.25) is 5.02 Å². The summed E-state index contributed by atoms with van der Waals surface area (Å²) >= 11 is 5.92. The molecular formula is C18H26ClNO4. The number of hydrogen-bond acceptors (Lipinski definition) is 5. The number of carbonyl (C=O) groups excluding carboxylic acids is 2. The van der Waals surface area contributed by atoms with Gasteiger partial charge in [0.2, 0.25) is 0 Å². The van der Waals surface area contributed by atoms with Crippen molar-refractivity contribution in [1.82, 2.24) is 4.90 Å². The number of hydrogen-bond donors (Lipinski definition) is 0. The maximum absolute atomic E-state index is 12.7. The van der Waals surface area contributed by atoms with Gasteiger partial charge in [0.25, 0.3) is 0 Å². The first-order valence-corrected chi connectivity index (χ1v) is 8.47. The summed E-state index contributed by atoms with van der Waals surface area (Å²) in [5.41, 5.74) is -0.524. The zero-order valence-corrected chi connectivity index (χ0v) is 15.6. The third-order valence-electron chi connectivity index (χ3n) is 3.74. The second-order valence-corrected chi connectivity index (χ2v) is 6.32. The molecule has 0 aliphatic heterocycles. The molecule has 0 unspecified atom stereocenters. The molecule has 0 aromatic heterocycles. The first kappa shape index (κ1) is 20.5. The van der Waals surface area contributed by atoms with Gasteiger partial charge in [-0.05, 0) is 65.0 Å². The van der Waals surface area contributed by atoms with E-state index in [9.17, 15) is 9.59 Å². The Labute approximate surface area is 148 Å². The molecule has 1 aromatic rings. The quantitative estimate of drug-likeness (QED) is 0.503. The minimum atomic E-state index is -1.36. The van der Waals surface area contributed by atoms with Gasteiger partial charge in [0.05, 0.1) is 13.2 Å². The third kappa shape index (κ3) is 5.49. The van der Waals surface area contributed by atoms with Crippen molar-refractivity contribution in [3.8, 4) is 0 Å². The van der Waals surface area contributed by atoms with Gasteiger partial charge in [0.15, 0.2) is 5.41 Å². The molecule has 0 saturated heterocycles. The molecular weight excluding hydrogens is 330 g/mol. The summed E-state index contributed by atoms with van der Waals surface area (Å²) in [6.07, 6.45) is 0.538. The van der Waals surface area contributed by atoms with Crippen molar-refractivity contribution in [2.45, 2.75) is 26.7 Å². The normalized spacial score (nSPS) is 11.4. The molecule has 6 heteroatoms. The van der Waals surface area contributed by atoms with E-state index in [1.807, 2.05) is 31.1 Å². The summed E-state index contributed by atoms with van der Waals surface area (Å²) in [6, 6.07) is 7.10. The average molecular weight is 356 g/mol. The van der Waals surface area contributed by atoms with Gasteiger partial charge in [0, 0.05) is 5.02 Å². The predicted octanol–water partition coefficient (Wildman–Crippen LogP) is 2.95. The van der Waals surface area contributed by atoms with Crippen molar-refractivity contribution in [1.29, 1.82) is 0 Å². The molecule has 0 amide bonds. The second kappa shape index (κ2) is 9.64. The lowest BCUT2D eigenvalue weighted by molar-refractivity contribution is -0.173. The smallest absolute Gasteiger partial charge is 0.323 e. The summed E-state index contributed by atoms with van der Waals surface area (Å²) in [7, 11) is 3.78. The number of rotatable bonds is 9.